The van der Waals surface area contributed by atoms with Crippen LogP contribution >= 0.6 is 11.3 Å². The van der Waals surface area contributed by atoms with Gasteiger partial charge in [-0.15, -0.1) is 11.3 Å². The van der Waals surface area contributed by atoms with Gasteiger partial charge in [0.05, 0.1) is 7.11 Å². The minimum atomic E-state index is 0.482. The summed E-state index contributed by atoms with van der Waals surface area (Å²) in [5.74, 6) is 0.924. The molecule has 112 valence electrons. The molecular formula is C18H23NOS. The normalized spacial score (nSPS) is 15.0. The summed E-state index contributed by atoms with van der Waals surface area (Å²) in [6.45, 7) is 3.25. The van der Waals surface area contributed by atoms with E-state index < -0.39 is 0 Å². The fraction of sp³-hybridized carbons (Fsp3) is 0.444. The average molecular weight is 301 g/mol. The van der Waals surface area contributed by atoms with Crippen LogP contribution in [0.1, 0.15) is 34.2 Å². The van der Waals surface area contributed by atoms with Gasteiger partial charge in [-0.3, -0.25) is 0 Å². The van der Waals surface area contributed by atoms with E-state index in [1.807, 2.05) is 23.5 Å². The number of fused-ring (bicyclic) bond motifs is 1. The van der Waals surface area contributed by atoms with Gasteiger partial charge in [0, 0.05) is 22.3 Å². The molecule has 1 N–H and O–H groups in total. The number of thiophene rings is 1. The van der Waals surface area contributed by atoms with Crippen LogP contribution in [0.25, 0.3) is 0 Å². The lowest BCUT2D eigenvalue weighted by atomic mass is 10.1. The van der Waals surface area contributed by atoms with Gasteiger partial charge in [-0.2, -0.15) is 0 Å². The topological polar surface area (TPSA) is 21.3 Å². The molecule has 0 amide bonds. The molecule has 1 aromatic heterocycles. The molecule has 0 saturated carbocycles. The Balaban J connectivity index is 1.50. The maximum absolute atomic E-state index is 5.19. The van der Waals surface area contributed by atoms with E-state index in [1.165, 1.54) is 29.7 Å². The molecule has 21 heavy (non-hydrogen) atoms. The van der Waals surface area contributed by atoms with Gasteiger partial charge >= 0.3 is 0 Å². The summed E-state index contributed by atoms with van der Waals surface area (Å²) in [5, 5.41) is 3.64. The standard InChI is InChI=1S/C18H23NOS/c1-13(10-14-6-8-16(20-2)9-7-14)19-12-17-11-15-4-3-5-18(15)21-17/h6-9,11,13,19H,3-5,10,12H2,1-2H3. The number of hydrogen-bond acceptors (Lipinski definition) is 3. The number of benzene rings is 1. The lowest BCUT2D eigenvalue weighted by Crippen LogP contribution is -2.27. The first kappa shape index (κ1) is 14.6. The zero-order chi connectivity index (χ0) is 14.7. The minimum absolute atomic E-state index is 0.482. The van der Waals surface area contributed by atoms with Crippen molar-refractivity contribution in [3.63, 3.8) is 0 Å². The summed E-state index contributed by atoms with van der Waals surface area (Å²) in [6.07, 6.45) is 4.98. The summed E-state index contributed by atoms with van der Waals surface area (Å²) < 4.78 is 5.19. The van der Waals surface area contributed by atoms with Crippen LogP contribution in [0.15, 0.2) is 30.3 Å². The molecule has 1 heterocycles. The van der Waals surface area contributed by atoms with Gasteiger partial charge in [-0.05, 0) is 61.9 Å². The Morgan fingerprint density at radius 3 is 2.76 bits per heavy atom. The molecule has 0 aliphatic heterocycles. The van der Waals surface area contributed by atoms with Crippen LogP contribution in [0, 0.1) is 0 Å². The molecule has 0 spiro atoms. The molecule has 1 atom stereocenters. The molecular weight excluding hydrogens is 278 g/mol. The Kier molecular flexibility index (Phi) is 4.61. The van der Waals surface area contributed by atoms with E-state index in [0.717, 1.165) is 18.7 Å². The van der Waals surface area contributed by atoms with E-state index in [1.54, 1.807) is 17.6 Å². The molecule has 0 saturated heterocycles. The van der Waals surface area contributed by atoms with E-state index in [4.69, 9.17) is 4.74 Å². The van der Waals surface area contributed by atoms with Gasteiger partial charge in [0.25, 0.3) is 0 Å². The fourth-order valence-corrected chi connectivity index (χ4v) is 4.15. The van der Waals surface area contributed by atoms with Gasteiger partial charge in [0.1, 0.15) is 5.75 Å². The summed E-state index contributed by atoms with van der Waals surface area (Å²) in [4.78, 5) is 3.11. The van der Waals surface area contributed by atoms with E-state index >= 15 is 0 Å². The van der Waals surface area contributed by atoms with E-state index in [2.05, 4.69) is 30.4 Å². The molecule has 2 aromatic rings. The predicted molar refractivity (Wildman–Crippen MR) is 89.3 cm³/mol. The van der Waals surface area contributed by atoms with Crippen molar-refractivity contribution >= 4 is 11.3 Å². The first-order valence-corrected chi connectivity index (χ1v) is 8.53. The Morgan fingerprint density at radius 1 is 1.24 bits per heavy atom. The highest BCUT2D eigenvalue weighted by Crippen LogP contribution is 2.30. The second-order valence-electron chi connectivity index (χ2n) is 5.85. The molecule has 1 aromatic carbocycles. The monoisotopic (exact) mass is 301 g/mol. The van der Waals surface area contributed by atoms with Crippen LogP contribution in [-0.4, -0.2) is 13.2 Å². The van der Waals surface area contributed by atoms with Crippen molar-refractivity contribution in [1.29, 1.82) is 0 Å². The summed E-state index contributed by atoms with van der Waals surface area (Å²) >= 11 is 2.00. The van der Waals surface area contributed by atoms with Gasteiger partial charge in [0.15, 0.2) is 0 Å². The van der Waals surface area contributed by atoms with Crippen molar-refractivity contribution in [3.05, 3.63) is 51.2 Å². The number of ether oxygens (including phenoxy) is 1. The molecule has 0 fully saturated rings. The van der Waals surface area contributed by atoms with Crippen LogP contribution < -0.4 is 10.1 Å². The van der Waals surface area contributed by atoms with Crippen molar-refractivity contribution in [1.82, 2.24) is 5.32 Å². The quantitative estimate of drug-likeness (QED) is 0.872. The second kappa shape index (κ2) is 6.63. The largest absolute Gasteiger partial charge is 0.497 e. The Morgan fingerprint density at radius 2 is 2.05 bits per heavy atom. The van der Waals surface area contributed by atoms with E-state index in [-0.39, 0.29) is 0 Å². The molecule has 1 aliphatic rings. The van der Waals surface area contributed by atoms with Crippen LogP contribution in [0.5, 0.6) is 5.75 Å². The Hall–Kier alpha value is -1.32. The molecule has 1 unspecified atom stereocenters. The van der Waals surface area contributed by atoms with E-state index in [0.29, 0.717) is 6.04 Å². The van der Waals surface area contributed by atoms with Crippen LogP contribution in [0.2, 0.25) is 0 Å². The van der Waals surface area contributed by atoms with Crippen molar-refractivity contribution in [2.24, 2.45) is 0 Å². The first-order valence-electron chi connectivity index (χ1n) is 7.71. The van der Waals surface area contributed by atoms with Crippen molar-refractivity contribution in [2.45, 2.75) is 45.2 Å². The maximum atomic E-state index is 5.19. The van der Waals surface area contributed by atoms with Crippen LogP contribution in [0.4, 0.5) is 0 Å². The Labute approximate surface area is 131 Å². The molecule has 2 nitrogen and oxygen atoms in total. The van der Waals surface area contributed by atoms with Crippen molar-refractivity contribution in [2.75, 3.05) is 7.11 Å². The highest BCUT2D eigenvalue weighted by molar-refractivity contribution is 7.12. The smallest absolute Gasteiger partial charge is 0.118 e. The highest BCUT2D eigenvalue weighted by atomic mass is 32.1. The second-order valence-corrected chi connectivity index (χ2v) is 7.07. The fourth-order valence-electron chi connectivity index (χ4n) is 2.94. The van der Waals surface area contributed by atoms with Crippen molar-refractivity contribution in [3.8, 4) is 5.75 Å². The van der Waals surface area contributed by atoms with Crippen molar-refractivity contribution < 1.29 is 4.74 Å². The number of nitrogens with one attached hydrogen (secondary N) is 1. The maximum Gasteiger partial charge on any atom is 0.118 e. The van der Waals surface area contributed by atoms with E-state index in [9.17, 15) is 0 Å². The Bertz CT molecular complexity index is 566. The SMILES string of the molecule is COc1ccc(CC(C)NCc2cc3c(s2)CCC3)cc1. The van der Waals surface area contributed by atoms with Gasteiger partial charge in [-0.1, -0.05) is 12.1 Å². The number of methoxy groups -OCH3 is 1. The minimum Gasteiger partial charge on any atom is -0.497 e. The summed E-state index contributed by atoms with van der Waals surface area (Å²) in [6, 6.07) is 11.3. The summed E-state index contributed by atoms with van der Waals surface area (Å²) in [7, 11) is 1.71. The van der Waals surface area contributed by atoms with Crippen LogP contribution in [0.3, 0.4) is 0 Å². The first-order chi connectivity index (χ1) is 10.2. The predicted octanol–water partition coefficient (Wildman–Crippen LogP) is 3.97. The molecule has 3 rings (SSSR count). The molecule has 0 radical (unpaired) electrons. The highest BCUT2D eigenvalue weighted by Gasteiger charge is 2.14. The lowest BCUT2D eigenvalue weighted by Gasteiger charge is -2.13. The van der Waals surface area contributed by atoms with Crippen LogP contribution in [-0.2, 0) is 25.8 Å². The van der Waals surface area contributed by atoms with Gasteiger partial charge in [-0.25, -0.2) is 0 Å². The zero-order valence-electron chi connectivity index (χ0n) is 12.8. The number of aryl methyl sites for hydroxylation is 2. The molecule has 3 heteroatoms. The van der Waals surface area contributed by atoms with Gasteiger partial charge < -0.3 is 10.1 Å². The third kappa shape index (κ3) is 3.66. The number of rotatable bonds is 6. The third-order valence-electron chi connectivity index (χ3n) is 4.12. The van der Waals surface area contributed by atoms with Gasteiger partial charge in [0.2, 0.25) is 0 Å². The summed E-state index contributed by atoms with van der Waals surface area (Å²) in [5.41, 5.74) is 2.95. The average Bonchev–Trinajstić information content (AvgIpc) is 3.07. The zero-order valence-corrected chi connectivity index (χ0v) is 13.6. The third-order valence-corrected chi connectivity index (χ3v) is 5.36. The lowest BCUT2D eigenvalue weighted by molar-refractivity contribution is 0.414. The molecule has 0 bridgehead atoms. The number of hydrogen-bond donors (Lipinski definition) is 1. The molecule has 1 aliphatic carbocycles.